The summed E-state index contributed by atoms with van der Waals surface area (Å²) in [6.07, 6.45) is 6.97. The van der Waals surface area contributed by atoms with Crippen LogP contribution in [0.15, 0.2) is 206 Å². The Morgan fingerprint density at radius 3 is 1.82 bits per heavy atom. The lowest BCUT2D eigenvalue weighted by atomic mass is 9.84. The van der Waals surface area contributed by atoms with Crippen molar-refractivity contribution >= 4 is 39.1 Å². The average Bonchev–Trinajstić information content (AvgIpc) is 3.83. The fourth-order valence-electron chi connectivity index (χ4n) is 9.53. The van der Waals surface area contributed by atoms with Crippen molar-refractivity contribution < 1.29 is 0 Å². The van der Waals surface area contributed by atoms with Gasteiger partial charge in [-0.25, -0.2) is 9.97 Å². The van der Waals surface area contributed by atoms with Gasteiger partial charge in [0.1, 0.15) is 5.69 Å². The lowest BCUT2D eigenvalue weighted by Crippen LogP contribution is -2.18. The highest BCUT2D eigenvalue weighted by atomic mass is 15.2. The second-order valence-corrected chi connectivity index (χ2v) is 15.6. The third kappa shape index (κ3) is 5.44. The third-order valence-corrected chi connectivity index (χ3v) is 12.2. The second-order valence-electron chi connectivity index (χ2n) is 15.6. The molecule has 3 aromatic heterocycles. The molecule has 10 aromatic rings. The van der Waals surface area contributed by atoms with Gasteiger partial charge in [0.25, 0.3) is 0 Å². The lowest BCUT2D eigenvalue weighted by molar-refractivity contribution is 0.799. The SMILES string of the molecule is C1=C2C(Cc3c1n(-c1nc(-c4ccccc4)c(-c4ccccc4)nc1-c1ccncc1)c1cc(-c4ccccc4)ccc31)c1c(ccc3ccccc13)N2c1ccccc1. The van der Waals surface area contributed by atoms with Gasteiger partial charge in [0.2, 0.25) is 0 Å². The summed E-state index contributed by atoms with van der Waals surface area (Å²) in [5, 5.41) is 3.78. The molecule has 0 N–H and O–H groups in total. The summed E-state index contributed by atoms with van der Waals surface area (Å²) in [6.45, 7) is 0. The van der Waals surface area contributed by atoms with Gasteiger partial charge in [-0.15, -0.1) is 0 Å². The van der Waals surface area contributed by atoms with Crippen molar-refractivity contribution in [3.63, 3.8) is 0 Å². The zero-order valence-corrected chi connectivity index (χ0v) is 32.7. The predicted molar refractivity (Wildman–Crippen MR) is 245 cm³/mol. The molecule has 5 nitrogen and oxygen atoms in total. The Morgan fingerprint density at radius 2 is 1.10 bits per heavy atom. The van der Waals surface area contributed by atoms with E-state index in [9.17, 15) is 0 Å². The maximum absolute atomic E-state index is 5.78. The van der Waals surface area contributed by atoms with E-state index in [0.717, 1.165) is 68.5 Å². The summed E-state index contributed by atoms with van der Waals surface area (Å²) in [5.74, 6) is 0.927. The number of benzene rings is 7. The third-order valence-electron chi connectivity index (χ3n) is 12.2. The van der Waals surface area contributed by atoms with Crippen LogP contribution >= 0.6 is 0 Å². The normalized spacial score (nSPS) is 14.2. The van der Waals surface area contributed by atoms with Crippen molar-refractivity contribution in [2.75, 3.05) is 4.90 Å². The van der Waals surface area contributed by atoms with Crippen molar-refractivity contribution in [2.45, 2.75) is 12.3 Å². The molecule has 1 unspecified atom stereocenters. The zero-order chi connectivity index (χ0) is 39.6. The van der Waals surface area contributed by atoms with Crippen LogP contribution in [0.1, 0.15) is 22.7 Å². The van der Waals surface area contributed by atoms with Gasteiger partial charge in [-0.05, 0) is 81.9 Å². The van der Waals surface area contributed by atoms with E-state index in [0.29, 0.717) is 0 Å². The first kappa shape index (κ1) is 34.2. The summed E-state index contributed by atoms with van der Waals surface area (Å²) in [6, 6.07) is 66.8. The van der Waals surface area contributed by atoms with Crippen LogP contribution in [0.3, 0.4) is 0 Å². The van der Waals surface area contributed by atoms with Crippen molar-refractivity contribution in [3.8, 4) is 50.7 Å². The van der Waals surface area contributed by atoms with Crippen molar-refractivity contribution in [3.05, 3.63) is 223 Å². The second kappa shape index (κ2) is 13.9. The molecule has 1 atom stereocenters. The number of pyridine rings is 1. The van der Waals surface area contributed by atoms with Crippen LogP contribution in [0.25, 0.3) is 78.5 Å². The summed E-state index contributed by atoms with van der Waals surface area (Å²) >= 11 is 0. The first-order valence-electron chi connectivity index (χ1n) is 20.5. The van der Waals surface area contributed by atoms with E-state index in [1.807, 2.05) is 30.6 Å². The Hall–Kier alpha value is -7.89. The minimum Gasteiger partial charge on any atom is -0.313 e. The van der Waals surface area contributed by atoms with Gasteiger partial charge in [-0.3, -0.25) is 9.55 Å². The molecule has 1 aliphatic heterocycles. The molecular weight excluding hydrogens is 731 g/mol. The first-order chi connectivity index (χ1) is 29.8. The monoisotopic (exact) mass is 767 g/mol. The van der Waals surface area contributed by atoms with Crippen LogP contribution in [-0.4, -0.2) is 19.5 Å². The summed E-state index contributed by atoms with van der Waals surface area (Å²) in [5.41, 5.74) is 16.3. The number of para-hydroxylation sites is 1. The topological polar surface area (TPSA) is 46.8 Å². The van der Waals surface area contributed by atoms with E-state index < -0.39 is 0 Å². The smallest absolute Gasteiger partial charge is 0.165 e. The molecule has 0 radical (unpaired) electrons. The Bertz CT molecular complexity index is 3270. The van der Waals surface area contributed by atoms with Gasteiger partial charge in [0.05, 0.1) is 28.3 Å². The largest absolute Gasteiger partial charge is 0.313 e. The van der Waals surface area contributed by atoms with Crippen molar-refractivity contribution in [2.24, 2.45) is 0 Å². The molecular formula is C55H37N5. The van der Waals surface area contributed by atoms with Gasteiger partial charge in [0.15, 0.2) is 5.82 Å². The number of anilines is 2. The van der Waals surface area contributed by atoms with E-state index in [4.69, 9.17) is 9.97 Å². The number of hydrogen-bond acceptors (Lipinski definition) is 4. The van der Waals surface area contributed by atoms with Crippen molar-refractivity contribution in [1.82, 2.24) is 19.5 Å². The fourth-order valence-corrected chi connectivity index (χ4v) is 9.53. The van der Waals surface area contributed by atoms with E-state index in [2.05, 4.69) is 190 Å². The maximum atomic E-state index is 5.78. The van der Waals surface area contributed by atoms with Gasteiger partial charge in [0, 0.05) is 51.8 Å². The molecule has 60 heavy (non-hydrogen) atoms. The zero-order valence-electron chi connectivity index (χ0n) is 32.7. The molecule has 7 aromatic carbocycles. The first-order valence-corrected chi connectivity index (χ1v) is 20.5. The molecule has 0 fully saturated rings. The summed E-state index contributed by atoms with van der Waals surface area (Å²) in [4.78, 5) is 18.3. The molecule has 0 bridgehead atoms. The molecule has 0 amide bonds. The van der Waals surface area contributed by atoms with Crippen LogP contribution in [0, 0.1) is 0 Å². The van der Waals surface area contributed by atoms with Crippen LogP contribution in [0.2, 0.25) is 0 Å². The number of rotatable bonds is 6. The van der Waals surface area contributed by atoms with Crippen LogP contribution in [0.5, 0.6) is 0 Å². The Labute approximate surface area is 348 Å². The van der Waals surface area contributed by atoms with Crippen LogP contribution in [-0.2, 0) is 6.42 Å². The molecule has 282 valence electrons. The molecule has 0 spiro atoms. The predicted octanol–water partition coefficient (Wildman–Crippen LogP) is 13.5. The molecule has 0 saturated carbocycles. The van der Waals surface area contributed by atoms with Gasteiger partial charge < -0.3 is 4.90 Å². The highest BCUT2D eigenvalue weighted by Gasteiger charge is 2.40. The molecule has 2 aliphatic rings. The van der Waals surface area contributed by atoms with E-state index in [1.54, 1.807) is 0 Å². The highest BCUT2D eigenvalue weighted by molar-refractivity contribution is 6.01. The number of hydrogen-bond donors (Lipinski definition) is 0. The molecule has 12 rings (SSSR count). The lowest BCUT2D eigenvalue weighted by Gasteiger charge is -2.27. The fraction of sp³-hybridized carbons (Fsp3) is 0.0364. The van der Waals surface area contributed by atoms with Crippen LogP contribution < -0.4 is 4.90 Å². The summed E-state index contributed by atoms with van der Waals surface area (Å²) in [7, 11) is 0. The van der Waals surface area contributed by atoms with E-state index >= 15 is 0 Å². The average molecular weight is 768 g/mol. The Kier molecular flexibility index (Phi) is 7.91. The van der Waals surface area contributed by atoms with E-state index in [-0.39, 0.29) is 5.92 Å². The number of aromatic nitrogens is 4. The quantitative estimate of drug-likeness (QED) is 0.169. The maximum Gasteiger partial charge on any atom is 0.165 e. The molecule has 0 saturated heterocycles. The van der Waals surface area contributed by atoms with Gasteiger partial charge in [-0.1, -0.05) is 152 Å². The minimum atomic E-state index is 0.151. The highest BCUT2D eigenvalue weighted by Crippen LogP contribution is 2.55. The Morgan fingerprint density at radius 1 is 0.483 bits per heavy atom. The van der Waals surface area contributed by atoms with Crippen LogP contribution in [0.4, 0.5) is 11.4 Å². The number of allylic oxidation sites excluding steroid dienone is 1. The minimum absolute atomic E-state index is 0.151. The standard InChI is InChI=1S/C55H37N5/c1-5-15-36(16-6-1)41-25-27-44-45-34-46-50(59(42-22-11-4-12-23-42)47-28-26-37-17-13-14-24-43(37)51(46)47)35-49(45)60(48(44)33-41)55-54(40-29-31-56-32-30-40)57-52(38-18-7-2-8-19-38)53(58-55)39-20-9-3-10-21-39/h1-33,35,46H,34H2. The number of nitrogens with zero attached hydrogens (tertiary/aromatic N) is 5. The summed E-state index contributed by atoms with van der Waals surface area (Å²) < 4.78 is 2.40. The van der Waals surface area contributed by atoms with Gasteiger partial charge >= 0.3 is 0 Å². The molecule has 4 heterocycles. The number of fused-ring (bicyclic) bond motifs is 8. The van der Waals surface area contributed by atoms with E-state index in [1.165, 1.54) is 44.2 Å². The Balaban J connectivity index is 1.20. The van der Waals surface area contributed by atoms with Gasteiger partial charge in [-0.2, -0.15) is 0 Å². The van der Waals surface area contributed by atoms with Crippen molar-refractivity contribution in [1.29, 1.82) is 0 Å². The molecule has 5 heteroatoms. The molecule has 1 aliphatic carbocycles.